The number of carbonyl (C=O) groups is 6. The molecular formula is C81H106BBrClF12N11O18. The molecule has 0 amide bonds. The van der Waals surface area contributed by atoms with Crippen LogP contribution >= 0.6 is 27.5 Å². The Hall–Kier alpha value is -12.5. The molecule has 6 aromatic carbocycles. The maximum Gasteiger partial charge on any atom is 0.498 e. The minimum Gasteiger partial charge on any atom is -0.442 e. The van der Waals surface area contributed by atoms with Gasteiger partial charge in [-0.15, -0.1) is 0 Å². The van der Waals surface area contributed by atoms with Crippen molar-refractivity contribution in [3.63, 3.8) is 0 Å². The van der Waals surface area contributed by atoms with Crippen LogP contribution in [0.5, 0.6) is 11.5 Å². The number of carbonyl (C=O) groups excluding carboxylic acids is 6. The van der Waals surface area contributed by atoms with Gasteiger partial charge in [-0.25, -0.2) is 24.0 Å². The predicted octanol–water partition coefficient (Wildman–Crippen LogP) is 24.4. The van der Waals surface area contributed by atoms with E-state index in [0.717, 1.165) is 79.7 Å². The number of hydrogen-bond acceptors (Lipinski definition) is 23. The van der Waals surface area contributed by atoms with Crippen molar-refractivity contribution in [2.75, 3.05) is 5.73 Å². The molecule has 2 N–H and O–H groups in total. The van der Waals surface area contributed by atoms with Gasteiger partial charge in [0.1, 0.15) is 33.9 Å². The Balaban J connectivity index is -0.000000315. The molecule has 29 nitrogen and oxygen atoms in total. The van der Waals surface area contributed by atoms with Crippen molar-refractivity contribution in [3.05, 3.63) is 236 Å². The van der Waals surface area contributed by atoms with Gasteiger partial charge in [-0.05, 0) is 200 Å². The Bertz CT molecular complexity index is 5550. The molecule has 11 rings (SSSR count). The smallest absolute Gasteiger partial charge is 0.442 e. The summed E-state index contributed by atoms with van der Waals surface area (Å²) in [6, 6.07) is 27.8. The first-order chi connectivity index (χ1) is 67.2. The average molecular weight is 1900 g/mol. The van der Waals surface area contributed by atoms with Crippen LogP contribution in [0.1, 0.15) is 171 Å². The lowest BCUT2D eigenvalue weighted by Gasteiger charge is -2.32. The molecule has 44 heteroatoms. The summed E-state index contributed by atoms with van der Waals surface area (Å²) >= 11 is 7.72. The largest absolute Gasteiger partial charge is 0.498 e. The molecule has 0 radical (unpaired) electrons. The second-order valence-corrected chi connectivity index (χ2v) is 32.8. The van der Waals surface area contributed by atoms with E-state index < -0.39 is 145 Å². The second-order valence-electron chi connectivity index (χ2n) is 31.6. The van der Waals surface area contributed by atoms with E-state index in [9.17, 15) is 102 Å². The summed E-state index contributed by atoms with van der Waals surface area (Å²) in [6.07, 6.45) is -11.1. The lowest BCUT2D eigenvalue weighted by molar-refractivity contribution is -0.385. The van der Waals surface area contributed by atoms with Gasteiger partial charge in [-0.1, -0.05) is 58.4 Å². The molecular weight excluding hydrogens is 1770 g/mol. The van der Waals surface area contributed by atoms with Gasteiger partial charge in [-0.2, -0.15) is 91.8 Å². The lowest BCUT2D eigenvalue weighted by atomic mass is 9.82. The molecule has 0 unspecified atom stereocenters. The molecule has 0 spiro atoms. The maximum absolute atomic E-state index is 13.5. The fourth-order valence-electron chi connectivity index (χ4n) is 9.89. The number of nitrogens with two attached hydrogens (primary N) is 1. The highest BCUT2D eigenvalue weighted by atomic mass is 79.9. The fourth-order valence-corrected chi connectivity index (χ4v) is 10.5. The molecule has 1 fully saturated rings. The minimum atomic E-state index is -4.75. The lowest BCUT2D eigenvalue weighted by Crippen LogP contribution is -2.41. The Labute approximate surface area is 753 Å². The van der Waals surface area contributed by atoms with E-state index in [1.165, 1.54) is 36.9 Å². The van der Waals surface area contributed by atoms with Crippen LogP contribution in [-0.4, -0.2) is 125 Å². The number of esters is 1. The topological polar surface area (TPSA) is 360 Å². The number of nitrogen functional groups attached to an aromatic ring is 1. The zero-order chi connectivity index (χ0) is 114. The molecule has 125 heavy (non-hydrogen) atoms. The Kier molecular flexibility index (Phi) is 27.8. The van der Waals surface area contributed by atoms with Crippen molar-refractivity contribution in [1.29, 1.82) is 0 Å². The van der Waals surface area contributed by atoms with Gasteiger partial charge in [0.05, 0.1) is 68.3 Å². The summed E-state index contributed by atoms with van der Waals surface area (Å²) in [5.41, 5.74) is -2.49. The summed E-state index contributed by atoms with van der Waals surface area (Å²) in [5.74, 6) is 0.0526. The highest BCUT2D eigenvalue weighted by molar-refractivity contribution is 9.10. The van der Waals surface area contributed by atoms with Crippen molar-refractivity contribution in [2.45, 2.75) is 176 Å². The maximum atomic E-state index is 13.5. The Morgan fingerprint density at radius 2 is 0.784 bits per heavy atom. The van der Waals surface area contributed by atoms with Crippen LogP contribution in [-0.2, 0) is 64.2 Å². The number of anilines is 1. The molecule has 0 aliphatic carbocycles. The van der Waals surface area contributed by atoms with E-state index in [2.05, 4.69) is 41.1 Å². The zero-order valence-corrected chi connectivity index (χ0v) is 71.6. The molecule has 5 heterocycles. The summed E-state index contributed by atoms with van der Waals surface area (Å²) in [5, 5.41) is 36.6. The van der Waals surface area contributed by atoms with Crippen LogP contribution in [0.4, 0.5) is 93.7 Å². The molecule has 0 bridgehead atoms. The number of halogens is 14. The number of alkyl halides is 12. The van der Waals surface area contributed by atoms with Gasteiger partial charge >= 0.3 is 67.6 Å². The number of nitrogens with zero attached hydrogens (tertiary/aromatic N) is 10. The van der Waals surface area contributed by atoms with Crippen molar-refractivity contribution >= 4 is 92.9 Å². The van der Waals surface area contributed by atoms with Crippen LogP contribution in [0.15, 0.2) is 188 Å². The van der Waals surface area contributed by atoms with Crippen LogP contribution in [0.2, 0.25) is 0 Å². The molecule has 1 aliphatic rings. The van der Waals surface area contributed by atoms with Gasteiger partial charge in [0.2, 0.25) is 0 Å². The first-order valence-electron chi connectivity index (χ1n) is 46.5. The first kappa shape index (κ1) is 86.0. The quantitative estimate of drug-likeness (QED) is 0.0153. The van der Waals surface area contributed by atoms with Crippen molar-refractivity contribution in [2.24, 2.45) is 0 Å². The molecule has 4 aromatic heterocycles. The summed E-state index contributed by atoms with van der Waals surface area (Å²) < 4.78 is 300. The third-order valence-corrected chi connectivity index (χ3v) is 16.5. The number of rotatable bonds is 10. The van der Waals surface area contributed by atoms with Crippen LogP contribution in [0.3, 0.4) is 0 Å². The van der Waals surface area contributed by atoms with Crippen LogP contribution in [0.25, 0.3) is 33.4 Å². The normalized spacial score (nSPS) is 13.8. The molecule has 1 saturated heterocycles. The van der Waals surface area contributed by atoms with Gasteiger partial charge < -0.3 is 43.5 Å². The van der Waals surface area contributed by atoms with E-state index >= 15 is 0 Å². The number of benzene rings is 6. The van der Waals surface area contributed by atoms with Crippen molar-refractivity contribution in [1.82, 2.24) is 39.1 Å². The van der Waals surface area contributed by atoms with Gasteiger partial charge in [-0.3, -0.25) is 25.0 Å². The summed E-state index contributed by atoms with van der Waals surface area (Å²) in [7, 11) is -0.536. The second kappa shape index (κ2) is 40.4. The van der Waals surface area contributed by atoms with Crippen LogP contribution < -0.4 is 20.7 Å². The standard InChI is InChI=1S/C23H21F3N2O4.C15H14F3N3O4.C15H16F3N3O2.C14H23BN2O4.C7H3BrF3NO2.C7H5ClO2.12H2/c1-22(2,3)32-21(30)28-14-17(13-27-28)16-9-15(10-18(12-16)23(24,25)26)11-20(29)31-19-7-5-4-6-8-19;1-14(2,3)25-13(22)20-8-10(7-19-20)9-4-11(15(16,17)18)6-12(5-9)21(23)24;1-14(2,3)23-13(22)21-8-10(7-20-21)9-4-11(15(16,17)18)6-12(19)5-9;1-12(2,3)19-11(18)17-9-10(8-16-17)15-20-13(4,5)14(6,7)21-15;8-5-1-4(7(9,10)11)2-6(3-5)12(13)14;8-7(9)10-6-4-2-1-3-5-6;;;;;;;;;;;;/h4-10,12-14H,11H2,1-3H3;4-8H,1-3H3;4-8H,19H2,1-3H3;8-9H,1-7H3;1-3H;1-5H;12*1H/i;;;;;;10*1+1D;1+1;. The Morgan fingerprint density at radius 3 is 1.14 bits per heavy atom. The zero-order valence-electron chi connectivity index (χ0n) is 89.3. The average Bonchev–Trinajstić information content (AvgIpc) is 1.62. The number of nitro benzene ring substituents is 2. The number of aromatic nitrogens is 8. The van der Waals surface area contributed by atoms with E-state index in [0.29, 0.717) is 34.7 Å². The molecule has 0 saturated carbocycles. The number of para-hydroxylation sites is 2. The third-order valence-electron chi connectivity index (χ3n) is 15.9. The number of non-ortho nitro benzene ring substituents is 2. The predicted molar refractivity (Wildman–Crippen MR) is 459 cm³/mol. The highest BCUT2D eigenvalue weighted by Gasteiger charge is 2.52. The number of nitro groups is 2. The molecule has 1 aliphatic heterocycles. The van der Waals surface area contributed by atoms with E-state index in [-0.39, 0.29) is 52.8 Å². The van der Waals surface area contributed by atoms with Crippen molar-refractivity contribution in [3.8, 4) is 44.9 Å². The minimum absolute atomic E-state index is 0. The third kappa shape index (κ3) is 32.6. The monoisotopic (exact) mass is 1890 g/mol. The number of hydrogen-bond donors (Lipinski definition) is 1. The van der Waals surface area contributed by atoms with Gasteiger partial charge in [0.25, 0.3) is 11.4 Å². The first-order valence-corrected chi connectivity index (χ1v) is 37.7. The van der Waals surface area contributed by atoms with Crippen molar-refractivity contribution < 1.29 is 162 Å². The summed E-state index contributed by atoms with van der Waals surface area (Å²) in [4.78, 5) is 89.6. The number of ether oxygens (including phenoxy) is 6. The van der Waals surface area contributed by atoms with E-state index in [1.807, 2.05) is 54.5 Å². The van der Waals surface area contributed by atoms with Gasteiger partial charge in [0, 0.05) is 132 Å². The SMILES string of the molecule is CC(C)(C)OC(=O)n1cc(-c2cc(CC(=O)Oc3ccccc3)cc(C(F)(F)F)c2)cn1.CC(C)(C)OC(=O)n1cc(-c2cc(N)cc(C(F)(F)F)c2)cn1.CC(C)(C)OC(=O)n1cc(-c2cc([N+](=O)[O-])cc(C(F)(F)F)c2)cn1.CC(C)(C)OC(=O)n1cc(B2OC(C)(C)C(C)(C)O2)cn1.O=C(Cl)Oc1ccccc1.O=[N+]([O-])c1cc(Br)cc(C(F)(F)F)c1.[2HH].[2H][2H].[2H][2H].[2H][2H].[2H][2H].[2H][2H].[2H][2H].[2H][2H].[2H][2H].[2H][2H].[2H][2H].[HH]. The van der Waals surface area contributed by atoms with Gasteiger partial charge in [0.15, 0.2) is 0 Å². The molecule has 10 aromatic rings. The fraction of sp³-hybridized carbons (Fsp3) is 0.333. The molecule has 694 valence electrons. The van der Waals surface area contributed by atoms with E-state index in [1.54, 1.807) is 129 Å². The van der Waals surface area contributed by atoms with Crippen LogP contribution in [0, 0.1) is 20.2 Å². The Morgan fingerprint density at radius 1 is 0.464 bits per heavy atom. The highest BCUT2D eigenvalue weighted by Crippen LogP contribution is 2.41. The molecule has 0 atom stereocenters. The van der Waals surface area contributed by atoms with E-state index in [4.69, 9.17) is 80.0 Å². The summed E-state index contributed by atoms with van der Waals surface area (Å²) in [6.45, 7) is 28.4.